The minimum Gasteiger partial charge on any atom is -0.356 e. The molecule has 2 aromatic rings. The van der Waals surface area contributed by atoms with E-state index in [1.54, 1.807) is 0 Å². The van der Waals surface area contributed by atoms with Crippen LogP contribution in [0.25, 0.3) is 5.65 Å². The van der Waals surface area contributed by atoms with E-state index >= 15 is 0 Å². The summed E-state index contributed by atoms with van der Waals surface area (Å²) < 4.78 is 2.03. The fraction of sp³-hybridized carbons (Fsp3) is 0.588. The SMILES string of the molecule is CCC1(CNC(=NC)NCCc2nnc3ccccn23)CCC1.I. The van der Waals surface area contributed by atoms with Crippen molar-refractivity contribution in [1.29, 1.82) is 0 Å². The van der Waals surface area contributed by atoms with Crippen molar-refractivity contribution < 1.29 is 0 Å². The summed E-state index contributed by atoms with van der Waals surface area (Å²) in [5.74, 6) is 1.84. The highest BCUT2D eigenvalue weighted by molar-refractivity contribution is 14.0. The van der Waals surface area contributed by atoms with Gasteiger partial charge in [-0.1, -0.05) is 19.4 Å². The highest BCUT2D eigenvalue weighted by Gasteiger charge is 2.34. The largest absolute Gasteiger partial charge is 0.356 e. The standard InChI is InChI=1S/C17H26N6.HI/c1-3-17(9-6-10-17)13-20-16(18-2)19-11-8-15-22-21-14-7-4-5-12-23(14)15;/h4-5,7,12H,3,6,8-11,13H2,1-2H3,(H2,18,19,20);1H. The number of aromatic nitrogens is 3. The number of hydrogen-bond acceptors (Lipinski definition) is 3. The minimum atomic E-state index is 0. The Morgan fingerprint density at radius 3 is 2.79 bits per heavy atom. The molecule has 0 unspecified atom stereocenters. The van der Waals surface area contributed by atoms with E-state index in [1.807, 2.05) is 35.8 Å². The number of pyridine rings is 1. The molecule has 2 N–H and O–H groups in total. The number of halogens is 1. The molecule has 0 bridgehead atoms. The molecule has 3 rings (SSSR count). The monoisotopic (exact) mass is 442 g/mol. The van der Waals surface area contributed by atoms with Crippen LogP contribution >= 0.6 is 24.0 Å². The molecule has 1 aliphatic carbocycles. The Kier molecular flexibility index (Phi) is 6.82. The Morgan fingerprint density at radius 1 is 1.29 bits per heavy atom. The van der Waals surface area contributed by atoms with Crippen molar-refractivity contribution in [3.8, 4) is 0 Å². The van der Waals surface area contributed by atoms with E-state index in [4.69, 9.17) is 0 Å². The third kappa shape index (κ3) is 4.17. The average molecular weight is 442 g/mol. The summed E-state index contributed by atoms with van der Waals surface area (Å²) in [6, 6.07) is 5.94. The van der Waals surface area contributed by atoms with Gasteiger partial charge in [0, 0.05) is 32.8 Å². The van der Waals surface area contributed by atoms with Gasteiger partial charge in [-0.3, -0.25) is 9.39 Å². The van der Waals surface area contributed by atoms with Crippen LogP contribution in [0.3, 0.4) is 0 Å². The quantitative estimate of drug-likeness (QED) is 0.410. The maximum atomic E-state index is 4.32. The molecule has 0 amide bonds. The van der Waals surface area contributed by atoms with Gasteiger partial charge in [0.05, 0.1) is 0 Å². The lowest BCUT2D eigenvalue weighted by molar-refractivity contribution is 0.131. The fourth-order valence-corrected chi connectivity index (χ4v) is 3.18. The molecule has 0 atom stereocenters. The number of hydrogen-bond donors (Lipinski definition) is 2. The molecule has 7 heteroatoms. The Hall–Kier alpha value is -1.38. The van der Waals surface area contributed by atoms with Gasteiger partial charge in [-0.2, -0.15) is 0 Å². The van der Waals surface area contributed by atoms with Crippen LogP contribution in [0, 0.1) is 5.41 Å². The van der Waals surface area contributed by atoms with Crippen molar-refractivity contribution in [2.45, 2.75) is 39.0 Å². The maximum absolute atomic E-state index is 4.32. The number of aliphatic imine (C=N–C) groups is 1. The number of nitrogens with one attached hydrogen (secondary N) is 2. The van der Waals surface area contributed by atoms with E-state index in [-0.39, 0.29) is 24.0 Å². The van der Waals surface area contributed by atoms with Crippen LogP contribution in [0.5, 0.6) is 0 Å². The van der Waals surface area contributed by atoms with Gasteiger partial charge in [0.1, 0.15) is 5.82 Å². The van der Waals surface area contributed by atoms with Crippen molar-refractivity contribution in [3.05, 3.63) is 30.2 Å². The first kappa shape index (κ1) is 19.0. The van der Waals surface area contributed by atoms with Crippen LogP contribution < -0.4 is 10.6 Å². The highest BCUT2D eigenvalue weighted by atomic mass is 127. The van der Waals surface area contributed by atoms with Crippen molar-refractivity contribution in [2.24, 2.45) is 10.4 Å². The summed E-state index contributed by atoms with van der Waals surface area (Å²) in [4.78, 5) is 4.32. The third-order valence-electron chi connectivity index (χ3n) is 5.04. The van der Waals surface area contributed by atoms with E-state index in [0.29, 0.717) is 5.41 Å². The first-order valence-electron chi connectivity index (χ1n) is 8.49. The van der Waals surface area contributed by atoms with Crippen LogP contribution in [-0.2, 0) is 6.42 Å². The van der Waals surface area contributed by atoms with Crippen LogP contribution in [-0.4, -0.2) is 40.7 Å². The molecule has 0 aliphatic heterocycles. The smallest absolute Gasteiger partial charge is 0.191 e. The molecule has 2 heterocycles. The number of rotatable bonds is 6. The molecule has 0 spiro atoms. The molecule has 6 nitrogen and oxygen atoms in total. The predicted octanol–water partition coefficient (Wildman–Crippen LogP) is 2.64. The zero-order valence-corrected chi connectivity index (χ0v) is 16.8. The number of guanidine groups is 1. The molecular weight excluding hydrogens is 415 g/mol. The molecule has 0 radical (unpaired) electrons. The van der Waals surface area contributed by atoms with Crippen LogP contribution in [0.4, 0.5) is 0 Å². The van der Waals surface area contributed by atoms with Gasteiger partial charge in [0.2, 0.25) is 0 Å². The van der Waals surface area contributed by atoms with E-state index in [9.17, 15) is 0 Å². The zero-order valence-electron chi connectivity index (χ0n) is 14.5. The summed E-state index contributed by atoms with van der Waals surface area (Å²) in [5.41, 5.74) is 1.38. The van der Waals surface area contributed by atoms with Gasteiger partial charge in [0.25, 0.3) is 0 Å². The summed E-state index contributed by atoms with van der Waals surface area (Å²) in [6.45, 7) is 4.08. The van der Waals surface area contributed by atoms with Crippen molar-refractivity contribution in [3.63, 3.8) is 0 Å². The van der Waals surface area contributed by atoms with Gasteiger partial charge >= 0.3 is 0 Å². The maximum Gasteiger partial charge on any atom is 0.191 e. The highest BCUT2D eigenvalue weighted by Crippen LogP contribution is 2.42. The second-order valence-corrected chi connectivity index (χ2v) is 6.35. The lowest BCUT2D eigenvalue weighted by Crippen LogP contribution is -2.46. The third-order valence-corrected chi connectivity index (χ3v) is 5.04. The van der Waals surface area contributed by atoms with E-state index in [1.165, 1.54) is 25.7 Å². The Bertz CT molecular complexity index is 671. The lowest BCUT2D eigenvalue weighted by Gasteiger charge is -2.41. The Morgan fingerprint density at radius 2 is 2.12 bits per heavy atom. The summed E-state index contributed by atoms with van der Waals surface area (Å²) in [6.07, 6.45) is 8.08. The normalized spacial score (nSPS) is 16.3. The van der Waals surface area contributed by atoms with Crippen molar-refractivity contribution in [1.82, 2.24) is 25.2 Å². The molecule has 0 aromatic carbocycles. The van der Waals surface area contributed by atoms with Gasteiger partial charge in [0.15, 0.2) is 11.6 Å². The van der Waals surface area contributed by atoms with Crippen LogP contribution in [0.2, 0.25) is 0 Å². The predicted molar refractivity (Wildman–Crippen MR) is 108 cm³/mol. The summed E-state index contributed by atoms with van der Waals surface area (Å²) in [5, 5.41) is 15.3. The summed E-state index contributed by atoms with van der Waals surface area (Å²) >= 11 is 0. The molecule has 0 saturated heterocycles. The Labute approximate surface area is 160 Å². The summed E-state index contributed by atoms with van der Waals surface area (Å²) in [7, 11) is 1.82. The molecule has 1 aliphatic rings. The van der Waals surface area contributed by atoms with Crippen molar-refractivity contribution >= 4 is 35.6 Å². The lowest BCUT2D eigenvalue weighted by atomic mass is 9.67. The zero-order chi connectivity index (χ0) is 16.1. The second kappa shape index (κ2) is 8.64. The van der Waals surface area contributed by atoms with Crippen molar-refractivity contribution in [2.75, 3.05) is 20.1 Å². The van der Waals surface area contributed by atoms with Crippen LogP contribution in [0.15, 0.2) is 29.4 Å². The first-order valence-corrected chi connectivity index (χ1v) is 8.49. The molecule has 132 valence electrons. The van der Waals surface area contributed by atoms with Crippen LogP contribution in [0.1, 0.15) is 38.4 Å². The number of nitrogens with zero attached hydrogens (tertiary/aromatic N) is 4. The van der Waals surface area contributed by atoms with E-state index < -0.39 is 0 Å². The Balaban J connectivity index is 0.00000208. The van der Waals surface area contributed by atoms with Gasteiger partial charge in [-0.05, 0) is 36.8 Å². The molecule has 1 fully saturated rings. The second-order valence-electron chi connectivity index (χ2n) is 6.35. The average Bonchev–Trinajstić information content (AvgIpc) is 2.96. The molecule has 1 saturated carbocycles. The van der Waals surface area contributed by atoms with Gasteiger partial charge in [-0.25, -0.2) is 0 Å². The molecular formula is C17H27IN6. The number of fused-ring (bicyclic) bond motifs is 1. The topological polar surface area (TPSA) is 66.6 Å². The van der Waals surface area contributed by atoms with Gasteiger partial charge < -0.3 is 10.6 Å². The van der Waals surface area contributed by atoms with E-state index in [0.717, 1.165) is 36.9 Å². The van der Waals surface area contributed by atoms with E-state index in [2.05, 4.69) is 32.7 Å². The van der Waals surface area contributed by atoms with Gasteiger partial charge in [-0.15, -0.1) is 34.2 Å². The minimum absolute atomic E-state index is 0. The fourth-order valence-electron chi connectivity index (χ4n) is 3.18. The molecule has 24 heavy (non-hydrogen) atoms. The molecule has 2 aromatic heterocycles. The first-order chi connectivity index (χ1) is 11.3.